The maximum absolute atomic E-state index is 12.3. The second-order valence-electron chi connectivity index (χ2n) is 5.53. The van der Waals surface area contributed by atoms with Crippen LogP contribution in [0.2, 0.25) is 0 Å². The van der Waals surface area contributed by atoms with E-state index in [1.165, 1.54) is 0 Å². The number of rotatable bonds is 7. The Hall–Kier alpha value is -1.84. The summed E-state index contributed by atoms with van der Waals surface area (Å²) in [7, 11) is 0. The predicted octanol–water partition coefficient (Wildman–Crippen LogP) is 3.28. The van der Waals surface area contributed by atoms with Crippen LogP contribution >= 0.6 is 0 Å². The molecule has 0 spiro atoms. The highest BCUT2D eigenvalue weighted by Gasteiger charge is 2.46. The lowest BCUT2D eigenvalue weighted by molar-refractivity contribution is -0.169. The third kappa shape index (κ3) is 4.06. The molecule has 0 radical (unpaired) electrons. The van der Waals surface area contributed by atoms with Crippen LogP contribution in [0, 0.1) is 19.3 Å². The van der Waals surface area contributed by atoms with Gasteiger partial charge in [-0.05, 0) is 39.2 Å². The van der Waals surface area contributed by atoms with E-state index in [1.807, 2.05) is 39.0 Å². The molecular weight excluding hydrogens is 268 g/mol. The molecule has 0 saturated heterocycles. The van der Waals surface area contributed by atoms with Gasteiger partial charge in [-0.3, -0.25) is 9.59 Å². The topological polar surface area (TPSA) is 63.6 Å². The minimum absolute atomic E-state index is 0.164. The average molecular weight is 292 g/mol. The number of carbonyl (C=O) groups is 2. The highest BCUT2D eigenvalue weighted by molar-refractivity contribution is 5.99. The molecule has 0 aliphatic carbocycles. The number of hydrogen-bond acceptors (Lipinski definition) is 3. The minimum atomic E-state index is -1.50. The maximum Gasteiger partial charge on any atom is 0.323 e. The number of aryl methyl sites for hydroxylation is 2. The van der Waals surface area contributed by atoms with Gasteiger partial charge in [-0.2, -0.15) is 0 Å². The fourth-order valence-corrected chi connectivity index (χ4v) is 2.75. The Morgan fingerprint density at radius 1 is 1.14 bits per heavy atom. The summed E-state index contributed by atoms with van der Waals surface area (Å²) in [6, 6.07) is 5.88. The fraction of sp³-hybridized carbons (Fsp3) is 0.529. The van der Waals surface area contributed by atoms with E-state index in [-0.39, 0.29) is 19.4 Å². The number of ether oxygens (including phenoxy) is 1. The fourth-order valence-electron chi connectivity index (χ4n) is 2.75. The Balaban J connectivity index is 3.22. The van der Waals surface area contributed by atoms with Crippen LogP contribution in [-0.2, 0) is 20.7 Å². The Labute approximate surface area is 126 Å². The zero-order valence-corrected chi connectivity index (χ0v) is 13.2. The molecule has 0 bridgehead atoms. The van der Waals surface area contributed by atoms with Crippen LogP contribution < -0.4 is 0 Å². The molecule has 0 aliphatic rings. The molecule has 21 heavy (non-hydrogen) atoms. The smallest absolute Gasteiger partial charge is 0.323 e. The van der Waals surface area contributed by atoms with Crippen LogP contribution in [0.25, 0.3) is 0 Å². The van der Waals surface area contributed by atoms with E-state index in [0.29, 0.717) is 6.42 Å². The van der Waals surface area contributed by atoms with Crippen molar-refractivity contribution < 1.29 is 19.4 Å². The quantitative estimate of drug-likeness (QED) is 0.619. The average Bonchev–Trinajstić information content (AvgIpc) is 2.36. The first-order valence-electron chi connectivity index (χ1n) is 7.33. The highest BCUT2D eigenvalue weighted by atomic mass is 16.5. The zero-order chi connectivity index (χ0) is 16.0. The molecule has 4 heteroatoms. The van der Waals surface area contributed by atoms with Gasteiger partial charge in [0.1, 0.15) is 0 Å². The molecule has 1 aromatic rings. The molecule has 116 valence electrons. The van der Waals surface area contributed by atoms with Crippen molar-refractivity contribution in [1.29, 1.82) is 0 Å². The standard InChI is InChI=1S/C17H24O4/c1-5-7-17(15(18)19,16(20)21-6-2)11-14-9-12(3)8-13(4)10-14/h8-10H,5-7,11H2,1-4H3,(H,18,19). The first-order chi connectivity index (χ1) is 9.85. The van der Waals surface area contributed by atoms with Gasteiger partial charge in [0.15, 0.2) is 5.41 Å². The SMILES string of the molecule is CCCC(Cc1cc(C)cc(C)c1)(C(=O)O)C(=O)OCC. The Kier molecular flexibility index (Phi) is 5.94. The molecule has 1 unspecified atom stereocenters. The molecule has 0 aliphatic heterocycles. The van der Waals surface area contributed by atoms with Crippen molar-refractivity contribution in [1.82, 2.24) is 0 Å². The molecule has 0 heterocycles. The lowest BCUT2D eigenvalue weighted by Gasteiger charge is -2.27. The largest absolute Gasteiger partial charge is 0.480 e. The number of benzene rings is 1. The van der Waals surface area contributed by atoms with Crippen molar-refractivity contribution >= 4 is 11.9 Å². The van der Waals surface area contributed by atoms with E-state index < -0.39 is 17.4 Å². The molecule has 0 fully saturated rings. The van der Waals surface area contributed by atoms with Crippen molar-refractivity contribution in [3.63, 3.8) is 0 Å². The third-order valence-electron chi connectivity index (χ3n) is 3.54. The summed E-state index contributed by atoms with van der Waals surface area (Å²) in [4.78, 5) is 24.1. The molecule has 0 aromatic heterocycles. The molecular formula is C17H24O4. The van der Waals surface area contributed by atoms with Crippen LogP contribution in [-0.4, -0.2) is 23.7 Å². The first kappa shape index (κ1) is 17.2. The summed E-state index contributed by atoms with van der Waals surface area (Å²) in [6.45, 7) is 7.67. The summed E-state index contributed by atoms with van der Waals surface area (Å²) < 4.78 is 5.03. The van der Waals surface area contributed by atoms with Crippen molar-refractivity contribution in [2.24, 2.45) is 5.41 Å². The number of esters is 1. The van der Waals surface area contributed by atoms with Gasteiger partial charge in [-0.1, -0.05) is 42.7 Å². The second kappa shape index (κ2) is 7.25. The summed E-state index contributed by atoms with van der Waals surface area (Å²) in [6.07, 6.45) is 1.04. The summed E-state index contributed by atoms with van der Waals surface area (Å²) in [5.74, 6) is -1.75. The van der Waals surface area contributed by atoms with Gasteiger partial charge >= 0.3 is 11.9 Å². The summed E-state index contributed by atoms with van der Waals surface area (Å²) in [5.41, 5.74) is 1.48. The molecule has 1 rings (SSSR count). The molecule has 0 saturated carbocycles. The van der Waals surface area contributed by atoms with Gasteiger partial charge in [-0.15, -0.1) is 0 Å². The normalized spacial score (nSPS) is 13.5. The number of carbonyl (C=O) groups excluding carboxylic acids is 1. The van der Waals surface area contributed by atoms with Crippen molar-refractivity contribution in [2.45, 2.75) is 47.0 Å². The Morgan fingerprint density at radius 3 is 2.14 bits per heavy atom. The Morgan fingerprint density at radius 2 is 1.71 bits per heavy atom. The monoisotopic (exact) mass is 292 g/mol. The van der Waals surface area contributed by atoms with Crippen LogP contribution in [0.3, 0.4) is 0 Å². The van der Waals surface area contributed by atoms with E-state index in [4.69, 9.17) is 4.74 Å². The minimum Gasteiger partial charge on any atom is -0.480 e. The van der Waals surface area contributed by atoms with Crippen molar-refractivity contribution in [3.05, 3.63) is 34.9 Å². The predicted molar refractivity (Wildman–Crippen MR) is 81.2 cm³/mol. The van der Waals surface area contributed by atoms with Crippen molar-refractivity contribution in [2.75, 3.05) is 6.61 Å². The van der Waals surface area contributed by atoms with Gasteiger partial charge in [0.05, 0.1) is 6.61 Å². The van der Waals surface area contributed by atoms with E-state index in [2.05, 4.69) is 0 Å². The van der Waals surface area contributed by atoms with Gasteiger partial charge < -0.3 is 9.84 Å². The molecule has 4 nitrogen and oxygen atoms in total. The molecule has 1 atom stereocenters. The van der Waals surface area contributed by atoms with Crippen LogP contribution in [0.1, 0.15) is 43.4 Å². The van der Waals surface area contributed by atoms with Gasteiger partial charge in [0.25, 0.3) is 0 Å². The maximum atomic E-state index is 12.3. The van der Waals surface area contributed by atoms with Gasteiger partial charge in [-0.25, -0.2) is 0 Å². The van der Waals surface area contributed by atoms with Crippen LogP contribution in [0.15, 0.2) is 18.2 Å². The van der Waals surface area contributed by atoms with E-state index in [0.717, 1.165) is 16.7 Å². The number of carboxylic acid groups (broad SMARTS) is 1. The first-order valence-corrected chi connectivity index (χ1v) is 7.33. The highest BCUT2D eigenvalue weighted by Crippen LogP contribution is 2.32. The van der Waals surface area contributed by atoms with Crippen molar-refractivity contribution in [3.8, 4) is 0 Å². The number of aliphatic carboxylic acids is 1. The zero-order valence-electron chi connectivity index (χ0n) is 13.2. The molecule has 0 amide bonds. The summed E-state index contributed by atoms with van der Waals surface area (Å²) in [5, 5.41) is 9.65. The van der Waals surface area contributed by atoms with Crippen LogP contribution in [0.4, 0.5) is 0 Å². The Bertz CT molecular complexity index is 501. The van der Waals surface area contributed by atoms with E-state index in [1.54, 1.807) is 6.92 Å². The summed E-state index contributed by atoms with van der Waals surface area (Å²) >= 11 is 0. The number of hydrogen-bond donors (Lipinski definition) is 1. The number of carboxylic acids is 1. The molecule has 1 aromatic carbocycles. The lowest BCUT2D eigenvalue weighted by atomic mass is 9.77. The van der Waals surface area contributed by atoms with Crippen LogP contribution in [0.5, 0.6) is 0 Å². The van der Waals surface area contributed by atoms with Gasteiger partial charge in [0.2, 0.25) is 0 Å². The van der Waals surface area contributed by atoms with Gasteiger partial charge in [0, 0.05) is 0 Å². The third-order valence-corrected chi connectivity index (χ3v) is 3.54. The second-order valence-corrected chi connectivity index (χ2v) is 5.53. The lowest BCUT2D eigenvalue weighted by Crippen LogP contribution is -2.42. The van der Waals surface area contributed by atoms with E-state index >= 15 is 0 Å². The van der Waals surface area contributed by atoms with E-state index in [9.17, 15) is 14.7 Å². The molecule has 1 N–H and O–H groups in total.